The average Bonchev–Trinajstić information content (AvgIpc) is 3.06. The fourth-order valence-electron chi connectivity index (χ4n) is 3.16. The summed E-state index contributed by atoms with van der Waals surface area (Å²) in [6.45, 7) is 3.68. The minimum atomic E-state index is -3.94. The lowest BCUT2D eigenvalue weighted by atomic mass is 10.2. The van der Waals surface area contributed by atoms with E-state index in [2.05, 4.69) is 4.72 Å². The van der Waals surface area contributed by atoms with E-state index in [0.29, 0.717) is 24.2 Å². The average molecular weight is 438 g/mol. The minimum Gasteiger partial charge on any atom is -0.312 e. The molecule has 0 aliphatic carbocycles. The zero-order valence-electron chi connectivity index (χ0n) is 16.6. The number of sulfonamides is 2. The van der Waals surface area contributed by atoms with Gasteiger partial charge >= 0.3 is 0 Å². The molecule has 0 fully saturated rings. The summed E-state index contributed by atoms with van der Waals surface area (Å²) in [4.78, 5) is 13.3. The third-order valence-electron chi connectivity index (χ3n) is 4.87. The number of nitrogens with zero attached hydrogens (tertiary/aromatic N) is 2. The molecule has 0 aromatic heterocycles. The van der Waals surface area contributed by atoms with E-state index in [4.69, 9.17) is 0 Å². The number of aryl methyl sites for hydroxylation is 1. The zero-order valence-corrected chi connectivity index (χ0v) is 18.3. The second-order valence-electron chi connectivity index (χ2n) is 7.08. The van der Waals surface area contributed by atoms with Crippen molar-refractivity contribution >= 4 is 37.3 Å². The standard InChI is InChI=1S/C19H23N3O5S2/c1-13-5-6-17(29(26,27)21(3)4)12-18(13)20-28(24,25)16-7-8-19-15(11-16)9-10-22(19)14(2)23/h5-8,11-12,20H,9-10H2,1-4H3. The van der Waals surface area contributed by atoms with Gasteiger partial charge in [0.1, 0.15) is 0 Å². The Morgan fingerprint density at radius 2 is 1.69 bits per heavy atom. The number of rotatable bonds is 5. The van der Waals surface area contributed by atoms with Crippen LogP contribution in [0.15, 0.2) is 46.2 Å². The molecule has 1 aliphatic rings. The molecule has 0 unspecified atom stereocenters. The van der Waals surface area contributed by atoms with Gasteiger partial charge in [0.2, 0.25) is 15.9 Å². The Morgan fingerprint density at radius 3 is 2.31 bits per heavy atom. The summed E-state index contributed by atoms with van der Waals surface area (Å²) in [5.74, 6) is -0.0907. The largest absolute Gasteiger partial charge is 0.312 e. The summed E-state index contributed by atoms with van der Waals surface area (Å²) < 4.78 is 54.1. The topological polar surface area (TPSA) is 104 Å². The Bertz CT molecular complexity index is 1190. The first-order chi connectivity index (χ1) is 13.4. The number of fused-ring (bicyclic) bond motifs is 1. The lowest BCUT2D eigenvalue weighted by molar-refractivity contribution is -0.116. The van der Waals surface area contributed by atoms with Crippen LogP contribution in [0.4, 0.5) is 11.4 Å². The summed E-state index contributed by atoms with van der Waals surface area (Å²) in [7, 11) is -4.82. The third-order valence-corrected chi connectivity index (χ3v) is 8.04. The molecule has 0 radical (unpaired) electrons. The molecule has 0 saturated carbocycles. The van der Waals surface area contributed by atoms with Gasteiger partial charge in [-0.2, -0.15) is 0 Å². The van der Waals surface area contributed by atoms with Gasteiger partial charge in [-0.3, -0.25) is 9.52 Å². The molecule has 1 amide bonds. The van der Waals surface area contributed by atoms with Gasteiger partial charge < -0.3 is 4.90 Å². The first kappa shape index (κ1) is 21.3. The third kappa shape index (κ3) is 4.00. The van der Waals surface area contributed by atoms with Gasteiger partial charge in [0, 0.05) is 33.3 Å². The van der Waals surface area contributed by atoms with Crippen molar-refractivity contribution in [3.63, 3.8) is 0 Å². The van der Waals surface area contributed by atoms with Gasteiger partial charge in [-0.25, -0.2) is 21.1 Å². The highest BCUT2D eigenvalue weighted by Crippen LogP contribution is 2.31. The Hall–Kier alpha value is -2.43. The molecule has 0 spiro atoms. The van der Waals surface area contributed by atoms with Crippen LogP contribution in [0.5, 0.6) is 0 Å². The van der Waals surface area contributed by atoms with E-state index in [1.54, 1.807) is 30.0 Å². The fourth-order valence-corrected chi connectivity index (χ4v) is 5.26. The second kappa shape index (κ2) is 7.43. The van der Waals surface area contributed by atoms with E-state index in [1.807, 2.05) is 0 Å². The van der Waals surface area contributed by atoms with Gasteiger partial charge in [-0.15, -0.1) is 0 Å². The smallest absolute Gasteiger partial charge is 0.261 e. The van der Waals surface area contributed by atoms with Crippen LogP contribution in [0.25, 0.3) is 0 Å². The number of amides is 1. The number of carbonyl (C=O) groups excluding carboxylic acids is 1. The number of anilines is 2. The van der Waals surface area contributed by atoms with Crippen molar-refractivity contribution in [2.45, 2.75) is 30.1 Å². The molecule has 10 heteroatoms. The van der Waals surface area contributed by atoms with Crippen LogP contribution in [-0.4, -0.2) is 47.7 Å². The predicted octanol–water partition coefficient (Wildman–Crippen LogP) is 1.96. The number of benzene rings is 2. The van der Waals surface area contributed by atoms with Crippen molar-refractivity contribution in [2.24, 2.45) is 0 Å². The van der Waals surface area contributed by atoms with Gasteiger partial charge in [0.15, 0.2) is 0 Å². The van der Waals surface area contributed by atoms with Crippen molar-refractivity contribution in [3.05, 3.63) is 47.5 Å². The first-order valence-electron chi connectivity index (χ1n) is 8.90. The van der Waals surface area contributed by atoms with Crippen LogP contribution in [-0.2, 0) is 31.3 Å². The van der Waals surface area contributed by atoms with E-state index in [0.717, 1.165) is 9.87 Å². The summed E-state index contributed by atoms with van der Waals surface area (Å²) in [5.41, 5.74) is 2.28. The van der Waals surface area contributed by atoms with Crippen molar-refractivity contribution in [1.29, 1.82) is 0 Å². The summed E-state index contributed by atoms with van der Waals surface area (Å²) in [6, 6.07) is 8.93. The molecule has 1 heterocycles. The van der Waals surface area contributed by atoms with Gasteiger partial charge in [-0.1, -0.05) is 6.07 Å². The monoisotopic (exact) mass is 437 g/mol. The number of hydrogen-bond donors (Lipinski definition) is 1. The lowest BCUT2D eigenvalue weighted by Crippen LogP contribution is -2.25. The maximum atomic E-state index is 12.9. The highest BCUT2D eigenvalue weighted by atomic mass is 32.2. The fraction of sp³-hybridized carbons (Fsp3) is 0.316. The molecule has 0 atom stereocenters. The molecule has 8 nitrogen and oxygen atoms in total. The molecule has 1 N–H and O–H groups in total. The Labute approximate surface area is 171 Å². The summed E-state index contributed by atoms with van der Waals surface area (Å²) in [5, 5.41) is 0. The van der Waals surface area contributed by atoms with Crippen LogP contribution < -0.4 is 9.62 Å². The highest BCUT2D eigenvalue weighted by molar-refractivity contribution is 7.92. The molecule has 29 heavy (non-hydrogen) atoms. The summed E-state index contributed by atoms with van der Waals surface area (Å²) >= 11 is 0. The van der Waals surface area contributed by atoms with E-state index >= 15 is 0 Å². The number of nitrogens with one attached hydrogen (secondary N) is 1. The summed E-state index contributed by atoms with van der Waals surface area (Å²) in [6.07, 6.45) is 0.577. The number of hydrogen-bond acceptors (Lipinski definition) is 5. The van der Waals surface area contributed by atoms with E-state index in [1.165, 1.54) is 39.2 Å². The van der Waals surface area contributed by atoms with Crippen molar-refractivity contribution in [1.82, 2.24) is 4.31 Å². The molecule has 2 aromatic carbocycles. The van der Waals surface area contributed by atoms with E-state index in [-0.39, 0.29) is 21.4 Å². The van der Waals surface area contributed by atoms with Crippen LogP contribution in [0.1, 0.15) is 18.1 Å². The maximum absolute atomic E-state index is 12.9. The zero-order chi connectivity index (χ0) is 21.6. The van der Waals surface area contributed by atoms with Crippen molar-refractivity contribution in [2.75, 3.05) is 30.3 Å². The van der Waals surface area contributed by atoms with Crippen LogP contribution in [0, 0.1) is 6.92 Å². The molecule has 0 bridgehead atoms. The molecule has 0 saturated heterocycles. The Kier molecular flexibility index (Phi) is 5.46. The van der Waals surface area contributed by atoms with Crippen LogP contribution in [0.3, 0.4) is 0 Å². The van der Waals surface area contributed by atoms with Gasteiger partial charge in [0.05, 0.1) is 15.5 Å². The van der Waals surface area contributed by atoms with Crippen molar-refractivity contribution in [3.8, 4) is 0 Å². The van der Waals surface area contributed by atoms with E-state index < -0.39 is 20.0 Å². The highest BCUT2D eigenvalue weighted by Gasteiger charge is 2.25. The van der Waals surface area contributed by atoms with Crippen LogP contribution in [0.2, 0.25) is 0 Å². The Balaban J connectivity index is 1.96. The number of carbonyl (C=O) groups is 1. The quantitative estimate of drug-likeness (QED) is 0.770. The maximum Gasteiger partial charge on any atom is 0.261 e. The van der Waals surface area contributed by atoms with E-state index in [9.17, 15) is 21.6 Å². The lowest BCUT2D eigenvalue weighted by Gasteiger charge is -2.16. The minimum absolute atomic E-state index is 0.00291. The molecule has 2 aromatic rings. The normalized spacial score (nSPS) is 14.2. The Morgan fingerprint density at radius 1 is 1.03 bits per heavy atom. The molecule has 1 aliphatic heterocycles. The molecule has 156 valence electrons. The van der Waals surface area contributed by atoms with Crippen LogP contribution >= 0.6 is 0 Å². The first-order valence-corrected chi connectivity index (χ1v) is 11.8. The second-order valence-corrected chi connectivity index (χ2v) is 10.9. The predicted molar refractivity (Wildman–Crippen MR) is 111 cm³/mol. The molecular formula is C19H23N3O5S2. The SMILES string of the molecule is CC(=O)N1CCc2cc(S(=O)(=O)Nc3cc(S(=O)(=O)N(C)C)ccc3C)ccc21. The molecule has 3 rings (SSSR count). The van der Waals surface area contributed by atoms with Gasteiger partial charge in [0.25, 0.3) is 10.0 Å². The molecular weight excluding hydrogens is 414 g/mol. The van der Waals surface area contributed by atoms with Gasteiger partial charge in [-0.05, 0) is 54.8 Å². The van der Waals surface area contributed by atoms with Crippen molar-refractivity contribution < 1.29 is 21.6 Å².